The van der Waals surface area contributed by atoms with Crippen LogP contribution in [0.3, 0.4) is 0 Å². The van der Waals surface area contributed by atoms with Crippen molar-refractivity contribution in [2.45, 2.75) is 19.8 Å². The molecular formula is C11H12Cl2O2. The molecule has 1 rings (SSSR count). The second kappa shape index (κ2) is 5.99. The molecule has 15 heavy (non-hydrogen) atoms. The number of rotatable bonds is 5. The van der Waals surface area contributed by atoms with Crippen molar-refractivity contribution in [2.24, 2.45) is 0 Å². The third-order valence-electron chi connectivity index (χ3n) is 1.78. The number of ether oxygens (including phenoxy) is 1. The minimum absolute atomic E-state index is 0.169. The van der Waals surface area contributed by atoms with Crippen LogP contribution in [0.1, 0.15) is 19.8 Å². The fraction of sp³-hybridized carbons (Fsp3) is 0.364. The van der Waals surface area contributed by atoms with Gasteiger partial charge in [0, 0.05) is 16.5 Å². The Morgan fingerprint density at radius 1 is 1.27 bits per heavy atom. The summed E-state index contributed by atoms with van der Waals surface area (Å²) < 4.78 is 5.40. The lowest BCUT2D eigenvalue weighted by atomic mass is 10.2. The first kappa shape index (κ1) is 12.3. The summed E-state index contributed by atoms with van der Waals surface area (Å²) in [6.45, 7) is 2.06. The zero-order chi connectivity index (χ0) is 11.3. The summed E-state index contributed by atoms with van der Waals surface area (Å²) in [5.74, 6) is 0.804. The molecule has 0 radical (unpaired) electrons. The van der Waals surface area contributed by atoms with Gasteiger partial charge in [0.15, 0.2) is 0 Å². The Morgan fingerprint density at radius 2 is 1.87 bits per heavy atom. The highest BCUT2D eigenvalue weighted by Gasteiger charge is 1.99. The third kappa shape index (κ3) is 5.05. The van der Waals surface area contributed by atoms with Gasteiger partial charge in [-0.05, 0) is 31.5 Å². The van der Waals surface area contributed by atoms with Crippen LogP contribution >= 0.6 is 23.2 Å². The first-order valence-corrected chi connectivity index (χ1v) is 5.42. The maximum absolute atomic E-state index is 10.7. The molecule has 2 nitrogen and oxygen atoms in total. The number of ketones is 1. The molecule has 1 aromatic rings. The highest BCUT2D eigenvalue weighted by Crippen LogP contribution is 2.24. The molecule has 1 aromatic carbocycles. The number of hydrogen-bond donors (Lipinski definition) is 0. The maximum atomic E-state index is 10.7. The monoisotopic (exact) mass is 246 g/mol. The summed E-state index contributed by atoms with van der Waals surface area (Å²) in [7, 11) is 0. The Hall–Kier alpha value is -0.730. The zero-order valence-corrected chi connectivity index (χ0v) is 9.94. The summed E-state index contributed by atoms with van der Waals surface area (Å²) >= 11 is 11.6. The van der Waals surface area contributed by atoms with E-state index in [1.54, 1.807) is 25.1 Å². The Kier molecular flexibility index (Phi) is 4.92. The molecular weight excluding hydrogens is 235 g/mol. The lowest BCUT2D eigenvalue weighted by Crippen LogP contribution is -2.00. The highest BCUT2D eigenvalue weighted by molar-refractivity contribution is 6.34. The molecule has 0 heterocycles. The van der Waals surface area contributed by atoms with E-state index >= 15 is 0 Å². The number of hydrogen-bond acceptors (Lipinski definition) is 2. The fourth-order valence-corrected chi connectivity index (χ4v) is 1.63. The standard InChI is InChI=1S/C11H12Cl2O2/c1-8(14)3-2-4-15-11-6-9(12)5-10(13)7-11/h5-7H,2-4H2,1H3. The van der Waals surface area contributed by atoms with Gasteiger partial charge >= 0.3 is 0 Å². The van der Waals surface area contributed by atoms with E-state index < -0.39 is 0 Å². The van der Waals surface area contributed by atoms with Crippen molar-refractivity contribution in [1.29, 1.82) is 0 Å². The molecule has 0 saturated heterocycles. The van der Waals surface area contributed by atoms with Crippen LogP contribution in [0.2, 0.25) is 10.0 Å². The molecule has 0 aromatic heterocycles. The van der Waals surface area contributed by atoms with Gasteiger partial charge in [-0.15, -0.1) is 0 Å². The topological polar surface area (TPSA) is 26.3 Å². The first-order chi connectivity index (χ1) is 7.08. The summed E-state index contributed by atoms with van der Waals surface area (Å²) in [5, 5.41) is 1.09. The smallest absolute Gasteiger partial charge is 0.129 e. The Bertz CT molecular complexity index is 330. The van der Waals surface area contributed by atoms with Gasteiger partial charge in [0.25, 0.3) is 0 Å². The van der Waals surface area contributed by atoms with E-state index in [1.165, 1.54) is 0 Å². The summed E-state index contributed by atoms with van der Waals surface area (Å²) in [4.78, 5) is 10.7. The molecule has 0 amide bonds. The number of carbonyl (C=O) groups is 1. The van der Waals surface area contributed by atoms with E-state index in [2.05, 4.69) is 0 Å². The van der Waals surface area contributed by atoms with Gasteiger partial charge in [-0.25, -0.2) is 0 Å². The predicted octanol–water partition coefficient (Wildman–Crippen LogP) is 3.74. The molecule has 0 saturated carbocycles. The average molecular weight is 247 g/mol. The highest BCUT2D eigenvalue weighted by atomic mass is 35.5. The van der Waals surface area contributed by atoms with Crippen molar-refractivity contribution in [3.63, 3.8) is 0 Å². The van der Waals surface area contributed by atoms with Crippen molar-refractivity contribution < 1.29 is 9.53 Å². The van der Waals surface area contributed by atoms with Gasteiger partial charge < -0.3 is 9.53 Å². The fourth-order valence-electron chi connectivity index (χ4n) is 1.12. The molecule has 4 heteroatoms. The molecule has 0 aliphatic heterocycles. The van der Waals surface area contributed by atoms with Crippen LogP contribution in [0.5, 0.6) is 5.75 Å². The van der Waals surface area contributed by atoms with Crippen LogP contribution in [0.15, 0.2) is 18.2 Å². The number of halogens is 2. The van der Waals surface area contributed by atoms with Gasteiger partial charge in [0.05, 0.1) is 6.61 Å². The van der Waals surface area contributed by atoms with E-state index in [0.717, 1.165) is 0 Å². The molecule has 0 aliphatic rings. The third-order valence-corrected chi connectivity index (χ3v) is 2.21. The van der Waals surface area contributed by atoms with Crippen molar-refractivity contribution in [1.82, 2.24) is 0 Å². The van der Waals surface area contributed by atoms with E-state index in [9.17, 15) is 4.79 Å². The summed E-state index contributed by atoms with van der Waals surface area (Å²) in [5.41, 5.74) is 0. The molecule has 0 bridgehead atoms. The number of carbonyl (C=O) groups excluding carboxylic acids is 1. The molecule has 0 aliphatic carbocycles. The Labute approximate surface area is 99.1 Å². The molecule has 0 atom stereocenters. The van der Waals surface area contributed by atoms with Gasteiger partial charge in [-0.1, -0.05) is 23.2 Å². The quantitative estimate of drug-likeness (QED) is 0.741. The predicted molar refractivity (Wildman–Crippen MR) is 61.9 cm³/mol. The van der Waals surface area contributed by atoms with Crippen LogP contribution in [0.25, 0.3) is 0 Å². The van der Waals surface area contributed by atoms with Crippen molar-refractivity contribution in [2.75, 3.05) is 6.61 Å². The van der Waals surface area contributed by atoms with Crippen LogP contribution < -0.4 is 4.74 Å². The summed E-state index contributed by atoms with van der Waals surface area (Å²) in [6, 6.07) is 5.04. The molecule has 0 fully saturated rings. The Morgan fingerprint density at radius 3 is 2.40 bits per heavy atom. The molecule has 0 unspecified atom stereocenters. The van der Waals surface area contributed by atoms with Crippen LogP contribution in [-0.4, -0.2) is 12.4 Å². The van der Waals surface area contributed by atoms with E-state index in [0.29, 0.717) is 35.2 Å². The first-order valence-electron chi connectivity index (χ1n) is 4.66. The van der Waals surface area contributed by atoms with Gasteiger partial charge in [0.2, 0.25) is 0 Å². The van der Waals surface area contributed by atoms with Crippen LogP contribution in [0, 0.1) is 0 Å². The lowest BCUT2D eigenvalue weighted by molar-refractivity contribution is -0.117. The second-order valence-electron chi connectivity index (χ2n) is 3.26. The number of Topliss-reactive ketones (excluding diaryl/α,β-unsaturated/α-hetero) is 1. The van der Waals surface area contributed by atoms with Crippen LogP contribution in [-0.2, 0) is 4.79 Å². The average Bonchev–Trinajstić information content (AvgIpc) is 2.10. The maximum Gasteiger partial charge on any atom is 0.129 e. The van der Waals surface area contributed by atoms with Gasteiger partial charge in [-0.3, -0.25) is 0 Å². The SMILES string of the molecule is CC(=O)CCCOc1cc(Cl)cc(Cl)c1. The van der Waals surface area contributed by atoms with E-state index in [-0.39, 0.29) is 5.78 Å². The van der Waals surface area contributed by atoms with E-state index in [1.807, 2.05) is 0 Å². The minimum atomic E-state index is 0.169. The molecule has 0 spiro atoms. The van der Waals surface area contributed by atoms with Crippen molar-refractivity contribution >= 4 is 29.0 Å². The molecule has 82 valence electrons. The van der Waals surface area contributed by atoms with Crippen LogP contribution in [0.4, 0.5) is 0 Å². The molecule has 0 N–H and O–H groups in total. The summed E-state index contributed by atoms with van der Waals surface area (Å²) in [6.07, 6.45) is 1.24. The van der Waals surface area contributed by atoms with Gasteiger partial charge in [0.1, 0.15) is 11.5 Å². The van der Waals surface area contributed by atoms with Gasteiger partial charge in [-0.2, -0.15) is 0 Å². The normalized spacial score (nSPS) is 10.1. The zero-order valence-electron chi connectivity index (χ0n) is 8.43. The number of benzene rings is 1. The lowest BCUT2D eigenvalue weighted by Gasteiger charge is -2.06. The second-order valence-corrected chi connectivity index (χ2v) is 4.13. The van der Waals surface area contributed by atoms with E-state index in [4.69, 9.17) is 27.9 Å². The van der Waals surface area contributed by atoms with Crippen molar-refractivity contribution in [3.05, 3.63) is 28.2 Å². The Balaban J connectivity index is 2.40. The van der Waals surface area contributed by atoms with Crippen molar-refractivity contribution in [3.8, 4) is 5.75 Å². The minimum Gasteiger partial charge on any atom is -0.493 e. The largest absolute Gasteiger partial charge is 0.493 e.